The van der Waals surface area contributed by atoms with Gasteiger partial charge in [0.1, 0.15) is 5.69 Å². The Bertz CT molecular complexity index is 1030. The van der Waals surface area contributed by atoms with E-state index in [-0.39, 0.29) is 28.5 Å². The zero-order chi connectivity index (χ0) is 20.1. The van der Waals surface area contributed by atoms with Gasteiger partial charge in [-0.3, -0.25) is 14.9 Å². The van der Waals surface area contributed by atoms with E-state index >= 15 is 0 Å². The number of aromatic nitrogens is 2. The number of hydrogen-bond donors (Lipinski definition) is 3. The summed E-state index contributed by atoms with van der Waals surface area (Å²) < 4.78 is 4.49. The van der Waals surface area contributed by atoms with Crippen molar-refractivity contribution in [1.29, 1.82) is 0 Å². The predicted molar refractivity (Wildman–Crippen MR) is 104 cm³/mol. The molecule has 0 saturated heterocycles. The van der Waals surface area contributed by atoms with E-state index in [2.05, 4.69) is 25.3 Å². The summed E-state index contributed by atoms with van der Waals surface area (Å²) in [5.74, 6) is -0.904. The van der Waals surface area contributed by atoms with Crippen molar-refractivity contribution in [2.45, 2.75) is 0 Å². The number of carbonyl (C=O) groups is 3. The van der Waals surface area contributed by atoms with Crippen LogP contribution in [0.4, 0.5) is 16.3 Å². The molecule has 28 heavy (non-hydrogen) atoms. The summed E-state index contributed by atoms with van der Waals surface area (Å²) in [6.45, 7) is 0. The van der Waals surface area contributed by atoms with Crippen molar-refractivity contribution in [3.63, 3.8) is 0 Å². The van der Waals surface area contributed by atoms with Crippen LogP contribution in [0.15, 0.2) is 54.9 Å². The Hall–Kier alpha value is -3.65. The molecule has 0 spiro atoms. The number of anilines is 2. The van der Waals surface area contributed by atoms with Crippen LogP contribution in [-0.2, 0) is 4.74 Å². The molecule has 0 fully saturated rings. The third-order valence-corrected chi connectivity index (χ3v) is 4.02. The Morgan fingerprint density at radius 1 is 1.07 bits per heavy atom. The highest BCUT2D eigenvalue weighted by Gasteiger charge is 2.20. The summed E-state index contributed by atoms with van der Waals surface area (Å²) in [4.78, 5) is 43.4. The highest BCUT2D eigenvalue weighted by atomic mass is 35.5. The van der Waals surface area contributed by atoms with Gasteiger partial charge in [0.25, 0.3) is 5.91 Å². The molecule has 3 aromatic rings. The lowest BCUT2D eigenvalue weighted by atomic mass is 10.0. The van der Waals surface area contributed by atoms with Gasteiger partial charge in [-0.25, -0.2) is 9.78 Å². The van der Waals surface area contributed by atoms with E-state index in [9.17, 15) is 14.4 Å². The fourth-order valence-electron chi connectivity index (χ4n) is 2.45. The Morgan fingerprint density at radius 2 is 1.82 bits per heavy atom. The van der Waals surface area contributed by atoms with Gasteiger partial charge in [-0.1, -0.05) is 41.9 Å². The molecule has 0 atom stereocenters. The number of aromatic amines is 1. The average molecular weight is 399 g/mol. The topological polar surface area (TPSA) is 113 Å². The normalized spacial score (nSPS) is 10.2. The zero-order valence-electron chi connectivity index (χ0n) is 14.7. The van der Waals surface area contributed by atoms with Gasteiger partial charge in [0, 0.05) is 16.1 Å². The Balaban J connectivity index is 1.89. The number of hydrogen-bond acceptors (Lipinski definition) is 5. The molecule has 3 N–H and O–H groups in total. The third kappa shape index (κ3) is 4.18. The highest BCUT2D eigenvalue weighted by molar-refractivity contribution is 6.31. The largest absolute Gasteiger partial charge is 0.453 e. The minimum Gasteiger partial charge on any atom is -0.453 e. The number of ketones is 1. The number of nitrogens with one attached hydrogen (secondary N) is 3. The molecule has 0 bridgehead atoms. The minimum atomic E-state index is -0.771. The fraction of sp³-hybridized carbons (Fsp3) is 0.0526. The van der Waals surface area contributed by atoms with E-state index in [0.717, 1.165) is 0 Å². The molecule has 3 rings (SSSR count). The van der Waals surface area contributed by atoms with Crippen molar-refractivity contribution in [2.24, 2.45) is 0 Å². The number of H-pyrrole nitrogens is 1. The lowest BCUT2D eigenvalue weighted by Crippen LogP contribution is -2.19. The molecule has 2 aromatic carbocycles. The number of imidazole rings is 1. The number of carbonyl (C=O) groups excluding carboxylic acids is 3. The molecule has 0 unspecified atom stereocenters. The number of halogens is 1. The van der Waals surface area contributed by atoms with E-state index in [1.165, 1.54) is 25.6 Å². The second-order valence-electron chi connectivity index (χ2n) is 5.58. The SMILES string of the molecule is COC(=O)Nc1nc[nH]c1C(=O)Nc1ccc(Cl)cc1C(=O)c1ccccc1. The van der Waals surface area contributed by atoms with E-state index in [1.54, 1.807) is 36.4 Å². The summed E-state index contributed by atoms with van der Waals surface area (Å²) in [6.07, 6.45) is 0.477. The number of rotatable bonds is 5. The first kappa shape index (κ1) is 19.1. The summed E-state index contributed by atoms with van der Waals surface area (Å²) in [6, 6.07) is 13.2. The summed E-state index contributed by atoms with van der Waals surface area (Å²) in [5, 5.41) is 5.32. The van der Waals surface area contributed by atoms with E-state index < -0.39 is 12.0 Å². The van der Waals surface area contributed by atoms with Crippen LogP contribution in [0.1, 0.15) is 26.4 Å². The van der Waals surface area contributed by atoms with Crippen molar-refractivity contribution < 1.29 is 19.1 Å². The molecule has 0 aliphatic heterocycles. The summed E-state index contributed by atoms with van der Waals surface area (Å²) >= 11 is 6.04. The van der Waals surface area contributed by atoms with E-state index in [4.69, 9.17) is 11.6 Å². The van der Waals surface area contributed by atoms with E-state index in [1.807, 2.05) is 0 Å². The van der Waals surface area contributed by atoms with Gasteiger partial charge in [0.05, 0.1) is 19.1 Å². The fourth-order valence-corrected chi connectivity index (χ4v) is 2.63. The first-order valence-corrected chi connectivity index (χ1v) is 8.46. The standard InChI is InChI=1S/C19H15ClN4O4/c1-28-19(27)24-17-15(21-10-22-17)18(26)23-14-8-7-12(20)9-13(14)16(25)11-5-3-2-4-6-11/h2-10H,1H3,(H,21,22)(H,23,26)(H,24,27). The van der Waals surface area contributed by atoms with Crippen molar-refractivity contribution in [1.82, 2.24) is 9.97 Å². The van der Waals surface area contributed by atoms with Gasteiger partial charge in [-0.05, 0) is 18.2 Å². The maximum atomic E-state index is 12.8. The number of benzene rings is 2. The number of ether oxygens (including phenoxy) is 1. The molecule has 142 valence electrons. The second kappa shape index (κ2) is 8.36. The van der Waals surface area contributed by atoms with Gasteiger partial charge in [-0.2, -0.15) is 0 Å². The van der Waals surface area contributed by atoms with Crippen LogP contribution in [0.25, 0.3) is 0 Å². The monoisotopic (exact) mass is 398 g/mol. The predicted octanol–water partition coefficient (Wildman–Crippen LogP) is 3.72. The van der Waals surface area contributed by atoms with Crippen molar-refractivity contribution in [3.8, 4) is 0 Å². The number of amides is 2. The first-order chi connectivity index (χ1) is 13.5. The van der Waals surface area contributed by atoms with Gasteiger partial charge < -0.3 is 15.0 Å². The second-order valence-corrected chi connectivity index (χ2v) is 6.02. The lowest BCUT2D eigenvalue weighted by molar-refractivity contribution is 0.102. The van der Waals surface area contributed by atoms with E-state index in [0.29, 0.717) is 10.6 Å². The maximum Gasteiger partial charge on any atom is 0.412 e. The molecule has 0 aliphatic carbocycles. The van der Waals surface area contributed by atoms with Crippen molar-refractivity contribution >= 4 is 40.9 Å². The summed E-state index contributed by atoms with van der Waals surface area (Å²) in [7, 11) is 1.19. The maximum absolute atomic E-state index is 12.8. The molecule has 8 nitrogen and oxygen atoms in total. The minimum absolute atomic E-state index is 0.00143. The lowest BCUT2D eigenvalue weighted by Gasteiger charge is -2.11. The highest BCUT2D eigenvalue weighted by Crippen LogP contribution is 2.25. The van der Waals surface area contributed by atoms with Gasteiger partial charge in [-0.15, -0.1) is 0 Å². The number of methoxy groups -OCH3 is 1. The van der Waals surface area contributed by atoms with Crippen LogP contribution in [0.3, 0.4) is 0 Å². The third-order valence-electron chi connectivity index (χ3n) is 3.78. The van der Waals surface area contributed by atoms with Gasteiger partial charge >= 0.3 is 6.09 Å². The van der Waals surface area contributed by atoms with Crippen LogP contribution in [0, 0.1) is 0 Å². The molecule has 2 amide bonds. The molecular formula is C19H15ClN4O4. The van der Waals surface area contributed by atoms with Crippen LogP contribution in [-0.4, -0.2) is 34.9 Å². The van der Waals surface area contributed by atoms with Crippen LogP contribution < -0.4 is 10.6 Å². The molecule has 0 saturated carbocycles. The van der Waals surface area contributed by atoms with Crippen LogP contribution in [0.5, 0.6) is 0 Å². The van der Waals surface area contributed by atoms with Crippen molar-refractivity contribution in [2.75, 3.05) is 17.7 Å². The Labute approximate surface area is 164 Å². The van der Waals surface area contributed by atoms with Crippen molar-refractivity contribution in [3.05, 3.63) is 76.7 Å². The summed E-state index contributed by atoms with van der Waals surface area (Å²) in [5.41, 5.74) is 0.948. The zero-order valence-corrected chi connectivity index (χ0v) is 15.4. The Kier molecular flexibility index (Phi) is 5.71. The Morgan fingerprint density at radius 3 is 2.54 bits per heavy atom. The van der Waals surface area contributed by atoms with Crippen LogP contribution >= 0.6 is 11.6 Å². The molecule has 0 aliphatic rings. The van der Waals surface area contributed by atoms with Gasteiger partial charge in [0.15, 0.2) is 11.6 Å². The molecule has 9 heteroatoms. The smallest absolute Gasteiger partial charge is 0.412 e. The average Bonchev–Trinajstić information content (AvgIpc) is 3.17. The molecular weight excluding hydrogens is 384 g/mol. The number of nitrogens with zero attached hydrogens (tertiary/aromatic N) is 1. The quantitative estimate of drug-likeness (QED) is 0.567. The van der Waals surface area contributed by atoms with Crippen LogP contribution in [0.2, 0.25) is 5.02 Å². The first-order valence-electron chi connectivity index (χ1n) is 8.08. The van der Waals surface area contributed by atoms with Gasteiger partial charge in [0.2, 0.25) is 0 Å². The molecule has 1 heterocycles. The molecule has 1 aromatic heterocycles. The molecule has 0 radical (unpaired) electrons.